The fourth-order valence-electron chi connectivity index (χ4n) is 4.02. The van der Waals surface area contributed by atoms with E-state index in [1.54, 1.807) is 24.3 Å². The zero-order chi connectivity index (χ0) is 35.4. The molecule has 0 aliphatic carbocycles. The molecule has 0 bridgehead atoms. The summed E-state index contributed by atoms with van der Waals surface area (Å²) >= 11 is 0. The Bertz CT molecular complexity index is 1450. The van der Waals surface area contributed by atoms with Crippen LogP contribution in [0.15, 0.2) is 48.6 Å². The molecule has 0 unspecified atom stereocenters. The van der Waals surface area contributed by atoms with Gasteiger partial charge in [-0.25, -0.2) is 0 Å². The van der Waals surface area contributed by atoms with Crippen LogP contribution in [0.25, 0.3) is 12.2 Å². The second-order valence-corrected chi connectivity index (χ2v) is 11.8. The number of hydrogen-bond acceptors (Lipinski definition) is 12. The number of esters is 2. The molecule has 256 valence electrons. The van der Waals surface area contributed by atoms with Gasteiger partial charge in [-0.1, -0.05) is 36.4 Å². The van der Waals surface area contributed by atoms with Crippen LogP contribution in [-0.4, -0.2) is 97.8 Å². The Labute approximate surface area is 274 Å². The highest BCUT2D eigenvalue weighted by Crippen LogP contribution is 2.31. The molecule has 2 aromatic carbocycles. The van der Waals surface area contributed by atoms with Crippen LogP contribution >= 0.6 is 0 Å². The lowest BCUT2D eigenvalue weighted by atomic mass is 9.79. The Morgan fingerprint density at radius 2 is 1.06 bits per heavy atom. The summed E-state index contributed by atoms with van der Waals surface area (Å²) in [4.78, 5) is 54.1. The van der Waals surface area contributed by atoms with Crippen LogP contribution in [0.4, 0.5) is 0 Å². The Morgan fingerprint density at radius 3 is 1.47 bits per heavy atom. The van der Waals surface area contributed by atoms with E-state index in [1.807, 2.05) is 26.0 Å². The predicted molar refractivity (Wildman–Crippen MR) is 172 cm³/mol. The maximum atomic E-state index is 14.1. The molecule has 0 aliphatic rings. The topological polar surface area (TPSA) is 186 Å². The van der Waals surface area contributed by atoms with Crippen LogP contribution in [0, 0.1) is 30.1 Å². The number of hydrogen-bond donors (Lipinski definition) is 4. The largest absolute Gasteiger partial charge is 0.493 e. The molecule has 0 fully saturated rings. The molecule has 0 heterocycles. The minimum absolute atomic E-state index is 0.364. The van der Waals surface area contributed by atoms with E-state index >= 15 is 0 Å². The van der Waals surface area contributed by atoms with Gasteiger partial charge in [-0.3, -0.25) is 19.2 Å². The first-order chi connectivity index (χ1) is 22.2. The third-order valence-corrected chi connectivity index (χ3v) is 8.02. The van der Waals surface area contributed by atoms with E-state index in [-0.39, 0.29) is 0 Å². The molecule has 2 aromatic rings. The number of ether oxygens (including phenoxy) is 4. The molecule has 4 N–H and O–H groups in total. The van der Waals surface area contributed by atoms with E-state index in [4.69, 9.17) is 18.9 Å². The van der Waals surface area contributed by atoms with Gasteiger partial charge < -0.3 is 39.4 Å². The molecule has 2 rings (SSSR count). The van der Waals surface area contributed by atoms with Crippen molar-refractivity contribution < 1.29 is 58.6 Å². The summed E-state index contributed by atoms with van der Waals surface area (Å²) in [6.07, 6.45) is 4.98. The Kier molecular flexibility index (Phi) is 14.0. The van der Waals surface area contributed by atoms with Crippen LogP contribution < -0.4 is 9.47 Å². The van der Waals surface area contributed by atoms with Gasteiger partial charge in [0.15, 0.2) is 28.5 Å². The summed E-state index contributed by atoms with van der Waals surface area (Å²) in [6, 6.07) is 10.2. The lowest BCUT2D eigenvalue weighted by molar-refractivity contribution is -0.172. The Morgan fingerprint density at radius 1 is 0.638 bits per heavy atom. The fraction of sp³-hybridized carbons (Fsp3) is 0.429. The van der Waals surface area contributed by atoms with Crippen LogP contribution in [0.5, 0.6) is 11.5 Å². The van der Waals surface area contributed by atoms with Crippen molar-refractivity contribution in [1.82, 2.24) is 0 Å². The van der Waals surface area contributed by atoms with Crippen molar-refractivity contribution in [2.75, 3.05) is 53.9 Å². The number of aliphatic hydroxyl groups is 4. The van der Waals surface area contributed by atoms with E-state index in [0.717, 1.165) is 23.3 Å². The fourth-order valence-corrected chi connectivity index (χ4v) is 4.02. The van der Waals surface area contributed by atoms with Gasteiger partial charge in [-0.05, 0) is 74.2 Å². The summed E-state index contributed by atoms with van der Waals surface area (Å²) in [7, 11) is 2.89. The van der Waals surface area contributed by atoms with Crippen molar-refractivity contribution in [3.05, 3.63) is 70.8 Å². The van der Waals surface area contributed by atoms with E-state index < -0.39 is 79.4 Å². The van der Waals surface area contributed by atoms with E-state index in [9.17, 15) is 39.6 Å². The first-order valence-corrected chi connectivity index (χ1v) is 14.7. The molecular weight excluding hydrogens is 612 g/mol. The third kappa shape index (κ3) is 9.35. The second kappa shape index (κ2) is 17.0. The monoisotopic (exact) mass is 656 g/mol. The molecule has 0 saturated carbocycles. The standard InChI is InChI=1S/C35H44O12/c1-23-7-8-25(15-24(23)2)10-13-29(40)35(21-46-31(42)33(3,17-36)18-37,22-47-32(43)34(4,19-38)20-39)30(41)14-11-26-9-12-27(44-5)28(16-26)45-6/h7-16,36-39H,17-22H2,1-6H3/b13-10+,14-11+. The number of aryl methyl sites for hydroxylation is 2. The molecule has 0 radical (unpaired) electrons. The number of benzene rings is 2. The van der Waals surface area contributed by atoms with Gasteiger partial charge in [0.05, 0.1) is 40.6 Å². The van der Waals surface area contributed by atoms with Gasteiger partial charge in [0.25, 0.3) is 0 Å². The molecule has 0 aliphatic heterocycles. The number of carbonyl (C=O) groups is 4. The van der Waals surface area contributed by atoms with Gasteiger partial charge in [-0.15, -0.1) is 0 Å². The lowest BCUT2D eigenvalue weighted by Gasteiger charge is -2.31. The summed E-state index contributed by atoms with van der Waals surface area (Å²) in [5, 5.41) is 38.9. The van der Waals surface area contributed by atoms with Crippen molar-refractivity contribution in [2.45, 2.75) is 27.7 Å². The molecule has 0 spiro atoms. The van der Waals surface area contributed by atoms with Crippen molar-refractivity contribution in [2.24, 2.45) is 16.2 Å². The maximum Gasteiger partial charge on any atom is 0.316 e. The quantitative estimate of drug-likeness (QED) is 0.104. The van der Waals surface area contributed by atoms with Crippen molar-refractivity contribution in [3.8, 4) is 11.5 Å². The molecule has 12 nitrogen and oxygen atoms in total. The number of ketones is 2. The molecular formula is C35H44O12. The highest BCUT2D eigenvalue weighted by Gasteiger charge is 2.48. The van der Waals surface area contributed by atoms with Crippen molar-refractivity contribution in [1.29, 1.82) is 0 Å². The molecule has 47 heavy (non-hydrogen) atoms. The number of rotatable bonds is 18. The molecule has 0 atom stereocenters. The first kappa shape index (κ1) is 38.8. The first-order valence-electron chi connectivity index (χ1n) is 14.7. The number of aliphatic hydroxyl groups excluding tert-OH is 4. The highest BCUT2D eigenvalue weighted by molar-refractivity contribution is 6.18. The van der Waals surface area contributed by atoms with Crippen LogP contribution in [0.3, 0.4) is 0 Å². The van der Waals surface area contributed by atoms with Gasteiger partial charge in [0.2, 0.25) is 0 Å². The van der Waals surface area contributed by atoms with E-state index in [0.29, 0.717) is 22.6 Å². The third-order valence-electron chi connectivity index (χ3n) is 8.02. The zero-order valence-corrected chi connectivity index (χ0v) is 27.6. The zero-order valence-electron chi connectivity index (χ0n) is 27.6. The lowest BCUT2D eigenvalue weighted by Crippen LogP contribution is -2.50. The summed E-state index contributed by atoms with van der Waals surface area (Å²) in [6.45, 7) is 1.16. The second-order valence-electron chi connectivity index (χ2n) is 11.8. The van der Waals surface area contributed by atoms with Crippen LogP contribution in [0.1, 0.15) is 36.1 Å². The smallest absolute Gasteiger partial charge is 0.316 e. The molecule has 12 heteroatoms. The summed E-state index contributed by atoms with van der Waals surface area (Å²) in [5.74, 6) is -3.26. The van der Waals surface area contributed by atoms with Crippen LogP contribution in [-0.2, 0) is 28.7 Å². The van der Waals surface area contributed by atoms with Gasteiger partial charge in [-0.2, -0.15) is 0 Å². The summed E-state index contributed by atoms with van der Waals surface area (Å²) in [5.41, 5.74) is -2.85. The van der Waals surface area contributed by atoms with E-state index in [2.05, 4.69) is 0 Å². The number of carbonyl (C=O) groups excluding carboxylic acids is 4. The van der Waals surface area contributed by atoms with Gasteiger partial charge in [0.1, 0.15) is 24.0 Å². The van der Waals surface area contributed by atoms with Crippen molar-refractivity contribution >= 4 is 35.7 Å². The van der Waals surface area contributed by atoms with Crippen molar-refractivity contribution in [3.63, 3.8) is 0 Å². The Hall–Kier alpha value is -4.36. The van der Waals surface area contributed by atoms with Gasteiger partial charge in [0, 0.05) is 0 Å². The van der Waals surface area contributed by atoms with E-state index in [1.165, 1.54) is 40.2 Å². The number of methoxy groups -OCH3 is 2. The number of allylic oxidation sites excluding steroid dienone is 2. The van der Waals surface area contributed by atoms with Crippen LogP contribution in [0.2, 0.25) is 0 Å². The molecule has 0 amide bonds. The Balaban J connectivity index is 2.69. The normalized spacial score (nSPS) is 12.3. The average molecular weight is 657 g/mol. The summed E-state index contributed by atoms with van der Waals surface area (Å²) < 4.78 is 21.3. The van der Waals surface area contributed by atoms with Gasteiger partial charge >= 0.3 is 11.9 Å². The SMILES string of the molecule is COc1ccc(/C=C/C(=O)C(COC(=O)C(C)(CO)CO)(COC(=O)C(C)(CO)CO)C(=O)/C=C/c2ccc(C)c(C)c2)cc1OC. The minimum Gasteiger partial charge on any atom is -0.493 e. The highest BCUT2D eigenvalue weighted by atomic mass is 16.6. The maximum absolute atomic E-state index is 14.1. The average Bonchev–Trinajstić information content (AvgIpc) is 3.09. The minimum atomic E-state index is -2.37. The predicted octanol–water partition coefficient (Wildman–Crippen LogP) is 2.24. The molecule has 0 aromatic heterocycles. The molecule has 0 saturated heterocycles.